The maximum Gasteiger partial charge on any atom is 0.140 e. The zero-order valence-electron chi connectivity index (χ0n) is 11.2. The summed E-state index contributed by atoms with van der Waals surface area (Å²) in [6.07, 6.45) is 7.33. The molecule has 1 aliphatic carbocycles. The largest absolute Gasteiger partial charge is 0.409 e. The molecule has 4 nitrogen and oxygen atoms in total. The van der Waals surface area contributed by atoms with E-state index in [-0.39, 0.29) is 0 Å². The van der Waals surface area contributed by atoms with Crippen molar-refractivity contribution < 1.29 is 5.21 Å². The first-order chi connectivity index (χ1) is 8.21. The minimum atomic E-state index is 0.339. The molecule has 0 heterocycles. The molecule has 1 aliphatic rings. The van der Waals surface area contributed by atoms with E-state index in [1.54, 1.807) is 0 Å². The van der Waals surface area contributed by atoms with Crippen molar-refractivity contribution in [3.05, 3.63) is 0 Å². The normalized spacial score (nSPS) is 26.4. The zero-order valence-corrected chi connectivity index (χ0v) is 11.2. The molecule has 2 unspecified atom stereocenters. The standard InChI is InChI=1S/C13H27N3O/c1-3-11-6-5-7-12(10-11)16(4-2)9-8-13(14)15-17/h11-12,17H,3-10H2,1-2H3,(H2,14,15). The molecule has 0 spiro atoms. The second-order valence-corrected chi connectivity index (χ2v) is 5.06. The third-order valence-corrected chi connectivity index (χ3v) is 4.04. The van der Waals surface area contributed by atoms with Gasteiger partial charge in [0.05, 0.1) is 0 Å². The Labute approximate surface area is 105 Å². The summed E-state index contributed by atoms with van der Waals surface area (Å²) < 4.78 is 0. The van der Waals surface area contributed by atoms with Gasteiger partial charge in [-0.25, -0.2) is 0 Å². The van der Waals surface area contributed by atoms with Gasteiger partial charge in [0.15, 0.2) is 0 Å². The van der Waals surface area contributed by atoms with Gasteiger partial charge < -0.3 is 15.8 Å². The molecule has 0 saturated heterocycles. The van der Waals surface area contributed by atoms with Crippen LogP contribution in [0.4, 0.5) is 0 Å². The van der Waals surface area contributed by atoms with Crippen LogP contribution in [-0.2, 0) is 0 Å². The third-order valence-electron chi connectivity index (χ3n) is 4.04. The Morgan fingerprint density at radius 3 is 2.76 bits per heavy atom. The van der Waals surface area contributed by atoms with E-state index in [1.807, 2.05) is 0 Å². The highest BCUT2D eigenvalue weighted by atomic mass is 16.4. The lowest BCUT2D eigenvalue weighted by Crippen LogP contribution is -2.40. The SMILES string of the molecule is CCC1CCCC(N(CC)CCC(N)=NO)C1. The molecule has 1 saturated carbocycles. The van der Waals surface area contributed by atoms with Crippen molar-refractivity contribution in [2.24, 2.45) is 16.8 Å². The lowest BCUT2D eigenvalue weighted by atomic mass is 9.83. The minimum absolute atomic E-state index is 0.339. The molecule has 0 aliphatic heterocycles. The Morgan fingerprint density at radius 1 is 1.41 bits per heavy atom. The summed E-state index contributed by atoms with van der Waals surface area (Å²) in [5.41, 5.74) is 5.53. The van der Waals surface area contributed by atoms with E-state index in [1.165, 1.54) is 32.1 Å². The summed E-state index contributed by atoms with van der Waals surface area (Å²) in [5, 5.41) is 11.6. The lowest BCUT2D eigenvalue weighted by Gasteiger charge is -2.36. The molecule has 0 aromatic carbocycles. The Bertz CT molecular complexity index is 243. The van der Waals surface area contributed by atoms with Crippen LogP contribution in [0.3, 0.4) is 0 Å². The van der Waals surface area contributed by atoms with Crippen molar-refractivity contribution in [1.29, 1.82) is 0 Å². The van der Waals surface area contributed by atoms with Gasteiger partial charge in [-0.2, -0.15) is 0 Å². The van der Waals surface area contributed by atoms with Crippen molar-refractivity contribution >= 4 is 5.84 Å². The molecule has 0 radical (unpaired) electrons. The van der Waals surface area contributed by atoms with E-state index in [9.17, 15) is 0 Å². The summed E-state index contributed by atoms with van der Waals surface area (Å²) in [6.45, 7) is 6.45. The smallest absolute Gasteiger partial charge is 0.140 e. The van der Waals surface area contributed by atoms with Crippen molar-refractivity contribution in [2.75, 3.05) is 13.1 Å². The molecule has 0 bridgehead atoms. The maximum absolute atomic E-state index is 8.56. The fourth-order valence-corrected chi connectivity index (χ4v) is 2.87. The van der Waals surface area contributed by atoms with E-state index in [0.717, 1.165) is 19.0 Å². The highest BCUT2D eigenvalue weighted by Gasteiger charge is 2.24. The summed E-state index contributed by atoms with van der Waals surface area (Å²) in [4.78, 5) is 2.49. The monoisotopic (exact) mass is 241 g/mol. The molecule has 3 N–H and O–H groups in total. The van der Waals surface area contributed by atoms with Gasteiger partial charge in [-0.1, -0.05) is 38.3 Å². The molecular formula is C13H27N3O. The molecule has 1 rings (SSSR count). The summed E-state index contributed by atoms with van der Waals surface area (Å²) in [6, 6.07) is 0.699. The number of nitrogens with zero attached hydrogens (tertiary/aromatic N) is 2. The van der Waals surface area contributed by atoms with Crippen LogP contribution in [0.5, 0.6) is 0 Å². The van der Waals surface area contributed by atoms with Gasteiger partial charge in [0.25, 0.3) is 0 Å². The van der Waals surface area contributed by atoms with Gasteiger partial charge in [-0.3, -0.25) is 0 Å². The first kappa shape index (κ1) is 14.3. The number of amidine groups is 1. The average molecular weight is 241 g/mol. The highest BCUT2D eigenvalue weighted by molar-refractivity contribution is 5.79. The van der Waals surface area contributed by atoms with Gasteiger partial charge in [-0.15, -0.1) is 0 Å². The van der Waals surface area contributed by atoms with Gasteiger partial charge >= 0.3 is 0 Å². The quantitative estimate of drug-likeness (QED) is 0.325. The zero-order chi connectivity index (χ0) is 12.7. The minimum Gasteiger partial charge on any atom is -0.409 e. The van der Waals surface area contributed by atoms with Crippen LogP contribution in [0.2, 0.25) is 0 Å². The van der Waals surface area contributed by atoms with Crippen LogP contribution in [-0.4, -0.2) is 35.1 Å². The van der Waals surface area contributed by atoms with Crippen LogP contribution in [0, 0.1) is 5.92 Å². The number of hydrogen-bond acceptors (Lipinski definition) is 3. The lowest BCUT2D eigenvalue weighted by molar-refractivity contribution is 0.137. The first-order valence-electron chi connectivity index (χ1n) is 6.91. The summed E-state index contributed by atoms with van der Waals surface area (Å²) in [7, 11) is 0. The number of nitrogens with two attached hydrogens (primary N) is 1. The van der Waals surface area contributed by atoms with Gasteiger partial charge in [-0.05, 0) is 25.3 Å². The van der Waals surface area contributed by atoms with E-state index >= 15 is 0 Å². The van der Waals surface area contributed by atoms with Crippen molar-refractivity contribution in [1.82, 2.24) is 4.90 Å². The van der Waals surface area contributed by atoms with Crippen molar-refractivity contribution in [3.8, 4) is 0 Å². The maximum atomic E-state index is 8.56. The molecule has 1 fully saturated rings. The second-order valence-electron chi connectivity index (χ2n) is 5.06. The summed E-state index contributed by atoms with van der Waals surface area (Å²) >= 11 is 0. The van der Waals surface area contributed by atoms with Gasteiger partial charge in [0.2, 0.25) is 0 Å². The van der Waals surface area contributed by atoms with E-state index in [2.05, 4.69) is 23.9 Å². The third kappa shape index (κ3) is 4.54. The van der Waals surface area contributed by atoms with Crippen LogP contribution in [0.15, 0.2) is 5.16 Å². The Kier molecular flexibility index (Phi) is 6.34. The fourth-order valence-electron chi connectivity index (χ4n) is 2.87. The predicted octanol–water partition coefficient (Wildman–Crippen LogP) is 2.41. The molecule has 0 aromatic rings. The Balaban J connectivity index is 2.43. The van der Waals surface area contributed by atoms with Gasteiger partial charge in [0, 0.05) is 19.0 Å². The van der Waals surface area contributed by atoms with Crippen LogP contribution in [0.1, 0.15) is 52.4 Å². The van der Waals surface area contributed by atoms with Crippen LogP contribution in [0.25, 0.3) is 0 Å². The van der Waals surface area contributed by atoms with E-state index in [4.69, 9.17) is 10.9 Å². The first-order valence-corrected chi connectivity index (χ1v) is 6.91. The molecule has 0 amide bonds. The Morgan fingerprint density at radius 2 is 2.18 bits per heavy atom. The molecule has 4 heteroatoms. The number of rotatable bonds is 6. The van der Waals surface area contributed by atoms with Crippen molar-refractivity contribution in [3.63, 3.8) is 0 Å². The Hall–Kier alpha value is -0.770. The van der Waals surface area contributed by atoms with Gasteiger partial charge in [0.1, 0.15) is 5.84 Å². The average Bonchev–Trinajstić information content (AvgIpc) is 2.39. The van der Waals surface area contributed by atoms with E-state index < -0.39 is 0 Å². The van der Waals surface area contributed by atoms with Crippen LogP contribution >= 0.6 is 0 Å². The molecule has 100 valence electrons. The number of oxime groups is 1. The topological polar surface area (TPSA) is 61.8 Å². The fraction of sp³-hybridized carbons (Fsp3) is 0.923. The van der Waals surface area contributed by atoms with Crippen molar-refractivity contribution in [2.45, 2.75) is 58.4 Å². The second kappa shape index (κ2) is 7.54. The van der Waals surface area contributed by atoms with Crippen LogP contribution < -0.4 is 5.73 Å². The summed E-state index contributed by atoms with van der Waals surface area (Å²) in [5.74, 6) is 1.23. The molecular weight excluding hydrogens is 214 g/mol. The number of hydrogen-bond donors (Lipinski definition) is 2. The van der Waals surface area contributed by atoms with E-state index in [0.29, 0.717) is 18.3 Å². The molecule has 0 aromatic heterocycles. The molecule has 2 atom stereocenters. The molecule has 17 heavy (non-hydrogen) atoms. The highest BCUT2D eigenvalue weighted by Crippen LogP contribution is 2.29. The predicted molar refractivity (Wildman–Crippen MR) is 71.3 cm³/mol.